The Bertz CT molecular complexity index is 412. The van der Waals surface area contributed by atoms with Crippen LogP contribution in [0.15, 0.2) is 24.3 Å². The molecule has 0 aliphatic carbocycles. The first-order valence-corrected chi connectivity index (χ1v) is 7.61. The lowest BCUT2D eigenvalue weighted by Crippen LogP contribution is -2.39. The summed E-state index contributed by atoms with van der Waals surface area (Å²) in [6, 6.07) is 9.55. The quantitative estimate of drug-likeness (QED) is 0.900. The Labute approximate surface area is 116 Å². The van der Waals surface area contributed by atoms with Gasteiger partial charge in [0.05, 0.1) is 0 Å². The largest absolute Gasteiger partial charge is 0.381 e. The van der Waals surface area contributed by atoms with Crippen LogP contribution in [0.25, 0.3) is 0 Å². The van der Waals surface area contributed by atoms with E-state index in [4.69, 9.17) is 0 Å². The molecule has 3 nitrogen and oxygen atoms in total. The number of rotatable bonds is 3. The molecule has 2 fully saturated rings. The van der Waals surface area contributed by atoms with Crippen molar-refractivity contribution in [2.45, 2.75) is 31.7 Å². The lowest BCUT2D eigenvalue weighted by molar-refractivity contribution is 0.261. The van der Waals surface area contributed by atoms with Gasteiger partial charge in [0.25, 0.3) is 0 Å². The maximum atomic E-state index is 3.71. The van der Waals surface area contributed by atoms with Gasteiger partial charge >= 0.3 is 0 Å². The number of nitrogens with one attached hydrogen (secondary N) is 1. The molecule has 2 aliphatic heterocycles. The van der Waals surface area contributed by atoms with Crippen molar-refractivity contribution in [3.63, 3.8) is 0 Å². The zero-order valence-electron chi connectivity index (χ0n) is 11.9. The molecule has 2 aliphatic rings. The van der Waals surface area contributed by atoms with Crippen LogP contribution in [0.5, 0.6) is 0 Å². The van der Waals surface area contributed by atoms with Crippen molar-refractivity contribution in [1.29, 1.82) is 0 Å². The van der Waals surface area contributed by atoms with E-state index in [1.54, 1.807) is 0 Å². The zero-order chi connectivity index (χ0) is 13.1. The summed E-state index contributed by atoms with van der Waals surface area (Å²) in [5.41, 5.74) is 2.66. The molecule has 3 heteroatoms. The molecule has 0 aromatic heterocycles. The van der Waals surface area contributed by atoms with Crippen LogP contribution in [0.1, 0.15) is 25.7 Å². The van der Waals surface area contributed by atoms with Crippen molar-refractivity contribution in [2.75, 3.05) is 43.4 Å². The number of anilines is 2. The van der Waals surface area contributed by atoms with Gasteiger partial charge in [0.1, 0.15) is 0 Å². The molecule has 1 aromatic carbocycles. The molecule has 104 valence electrons. The second kappa shape index (κ2) is 5.83. The lowest BCUT2D eigenvalue weighted by atomic mass is 10.1. The second-order valence-electron chi connectivity index (χ2n) is 5.99. The first kappa shape index (κ1) is 12.8. The first-order valence-electron chi connectivity index (χ1n) is 7.61. The van der Waals surface area contributed by atoms with Crippen molar-refractivity contribution in [3.05, 3.63) is 24.3 Å². The van der Waals surface area contributed by atoms with E-state index in [0.717, 1.165) is 6.54 Å². The standard InChI is InChI=1S/C16H25N3/c1-18-9-5-7-15(13-18)17-14-6-4-8-16(12-14)19-10-2-3-11-19/h4,6,8,12,15,17H,2-3,5,7,9-11,13H2,1H3. The van der Waals surface area contributed by atoms with Crippen molar-refractivity contribution >= 4 is 11.4 Å². The molecule has 1 unspecified atom stereocenters. The number of nitrogens with zero attached hydrogens (tertiary/aromatic N) is 2. The molecule has 0 amide bonds. The topological polar surface area (TPSA) is 18.5 Å². The fourth-order valence-electron chi connectivity index (χ4n) is 3.29. The molecule has 1 N–H and O–H groups in total. The summed E-state index contributed by atoms with van der Waals surface area (Å²) in [6.07, 6.45) is 5.27. The maximum absolute atomic E-state index is 3.71. The van der Waals surface area contributed by atoms with Crippen LogP contribution >= 0.6 is 0 Å². The highest BCUT2D eigenvalue weighted by Crippen LogP contribution is 2.24. The summed E-state index contributed by atoms with van der Waals surface area (Å²) < 4.78 is 0. The van der Waals surface area contributed by atoms with Gasteiger partial charge in [0.15, 0.2) is 0 Å². The molecule has 19 heavy (non-hydrogen) atoms. The minimum Gasteiger partial charge on any atom is -0.381 e. The van der Waals surface area contributed by atoms with Crippen molar-refractivity contribution in [2.24, 2.45) is 0 Å². The Morgan fingerprint density at radius 1 is 1.11 bits per heavy atom. The normalized spacial score (nSPS) is 24.7. The van der Waals surface area contributed by atoms with Crippen LogP contribution in [0.4, 0.5) is 11.4 Å². The summed E-state index contributed by atoms with van der Waals surface area (Å²) in [5.74, 6) is 0. The van der Waals surface area contributed by atoms with Gasteiger partial charge in [0, 0.05) is 37.1 Å². The molecule has 2 heterocycles. The van der Waals surface area contributed by atoms with Crippen LogP contribution in [-0.2, 0) is 0 Å². The number of hydrogen-bond acceptors (Lipinski definition) is 3. The fraction of sp³-hybridized carbons (Fsp3) is 0.625. The van der Waals surface area contributed by atoms with Gasteiger partial charge in [-0.2, -0.15) is 0 Å². The molecule has 2 saturated heterocycles. The van der Waals surface area contributed by atoms with Crippen molar-refractivity contribution in [1.82, 2.24) is 4.90 Å². The number of benzene rings is 1. The third-order valence-corrected chi connectivity index (χ3v) is 4.31. The molecule has 0 radical (unpaired) electrons. The van der Waals surface area contributed by atoms with Gasteiger partial charge in [-0.15, -0.1) is 0 Å². The van der Waals surface area contributed by atoms with Crippen LogP contribution in [0, 0.1) is 0 Å². The Balaban J connectivity index is 1.65. The molecule has 0 spiro atoms. The molecule has 1 atom stereocenters. The summed E-state index contributed by atoms with van der Waals surface area (Å²) in [4.78, 5) is 4.92. The van der Waals surface area contributed by atoms with Crippen LogP contribution in [0.3, 0.4) is 0 Å². The molecule has 3 rings (SSSR count). The van der Waals surface area contributed by atoms with Gasteiger partial charge in [-0.25, -0.2) is 0 Å². The molecular formula is C16H25N3. The van der Waals surface area contributed by atoms with Crippen LogP contribution in [-0.4, -0.2) is 44.2 Å². The highest BCUT2D eigenvalue weighted by Gasteiger charge is 2.17. The smallest absolute Gasteiger partial charge is 0.0388 e. The van der Waals surface area contributed by atoms with E-state index in [1.165, 1.54) is 56.7 Å². The number of hydrogen-bond donors (Lipinski definition) is 1. The minimum absolute atomic E-state index is 0.604. The molecule has 1 aromatic rings. The summed E-state index contributed by atoms with van der Waals surface area (Å²) >= 11 is 0. The molecule has 0 saturated carbocycles. The third kappa shape index (κ3) is 3.21. The molecule has 0 bridgehead atoms. The predicted octanol–water partition coefficient (Wildman–Crippen LogP) is 2.79. The number of likely N-dealkylation sites (tertiary alicyclic amines) is 1. The van der Waals surface area contributed by atoms with Gasteiger partial charge in [0.2, 0.25) is 0 Å². The first-order chi connectivity index (χ1) is 9.31. The summed E-state index contributed by atoms with van der Waals surface area (Å²) in [7, 11) is 2.22. The maximum Gasteiger partial charge on any atom is 0.0388 e. The van der Waals surface area contributed by atoms with Crippen molar-refractivity contribution < 1.29 is 0 Å². The zero-order valence-corrected chi connectivity index (χ0v) is 11.9. The van der Waals surface area contributed by atoms with Gasteiger partial charge in [-0.3, -0.25) is 0 Å². The second-order valence-corrected chi connectivity index (χ2v) is 5.99. The monoisotopic (exact) mass is 259 g/mol. The Morgan fingerprint density at radius 2 is 1.95 bits per heavy atom. The fourth-order valence-corrected chi connectivity index (χ4v) is 3.29. The van der Waals surface area contributed by atoms with Gasteiger partial charge < -0.3 is 15.1 Å². The van der Waals surface area contributed by atoms with E-state index in [9.17, 15) is 0 Å². The Hall–Kier alpha value is -1.22. The molecular weight excluding hydrogens is 234 g/mol. The minimum atomic E-state index is 0.604. The predicted molar refractivity (Wildman–Crippen MR) is 82.0 cm³/mol. The summed E-state index contributed by atoms with van der Waals surface area (Å²) in [6.45, 7) is 4.84. The van der Waals surface area contributed by atoms with E-state index in [-0.39, 0.29) is 0 Å². The Kier molecular flexibility index (Phi) is 3.92. The third-order valence-electron chi connectivity index (χ3n) is 4.31. The Morgan fingerprint density at radius 3 is 2.74 bits per heavy atom. The van der Waals surface area contributed by atoms with Crippen LogP contribution < -0.4 is 10.2 Å². The highest BCUT2D eigenvalue weighted by atomic mass is 15.2. The number of piperidine rings is 1. The average Bonchev–Trinajstić information content (AvgIpc) is 2.93. The van der Waals surface area contributed by atoms with E-state index < -0.39 is 0 Å². The SMILES string of the molecule is CN1CCCC(Nc2cccc(N3CCCC3)c2)C1. The van der Waals surface area contributed by atoms with Crippen LogP contribution in [0.2, 0.25) is 0 Å². The average molecular weight is 259 g/mol. The van der Waals surface area contributed by atoms with Gasteiger partial charge in [-0.1, -0.05) is 6.07 Å². The van der Waals surface area contributed by atoms with E-state index >= 15 is 0 Å². The van der Waals surface area contributed by atoms with E-state index in [2.05, 4.69) is 46.4 Å². The highest BCUT2D eigenvalue weighted by molar-refractivity contribution is 5.58. The lowest BCUT2D eigenvalue weighted by Gasteiger charge is -2.31. The summed E-state index contributed by atoms with van der Waals surface area (Å²) in [5, 5.41) is 3.71. The van der Waals surface area contributed by atoms with Gasteiger partial charge in [-0.05, 0) is 57.5 Å². The number of likely N-dealkylation sites (N-methyl/N-ethyl adjacent to an activating group) is 1. The van der Waals surface area contributed by atoms with E-state index in [0.29, 0.717) is 6.04 Å². The van der Waals surface area contributed by atoms with E-state index in [1.807, 2.05) is 0 Å². The van der Waals surface area contributed by atoms with Crippen molar-refractivity contribution in [3.8, 4) is 0 Å².